The molecule has 3 amide bonds. The van der Waals surface area contributed by atoms with Gasteiger partial charge in [-0.15, -0.1) is 0 Å². The number of esters is 1. The molecular weight excluding hydrogens is 704 g/mol. The first kappa shape index (κ1) is 39.8. The van der Waals surface area contributed by atoms with Crippen molar-refractivity contribution in [3.05, 3.63) is 46.1 Å². The molecule has 1 aliphatic heterocycles. The Balaban J connectivity index is 1.67. The number of nitrogens with one attached hydrogen (secondary N) is 3. The van der Waals surface area contributed by atoms with Crippen molar-refractivity contribution < 1.29 is 29.0 Å². The van der Waals surface area contributed by atoms with Gasteiger partial charge in [0, 0.05) is 11.9 Å². The van der Waals surface area contributed by atoms with E-state index >= 15 is 0 Å². The van der Waals surface area contributed by atoms with Gasteiger partial charge in [0.1, 0.15) is 24.7 Å². The van der Waals surface area contributed by atoms with Crippen molar-refractivity contribution in [2.45, 2.75) is 89.3 Å². The maximum absolute atomic E-state index is 13.5. The molecule has 48 heavy (non-hydrogen) atoms. The number of hydrogen-bond donors (Lipinski definition) is 4. The Labute approximate surface area is 301 Å². The van der Waals surface area contributed by atoms with Gasteiger partial charge in [-0.3, -0.25) is 24.2 Å². The fourth-order valence-electron chi connectivity index (χ4n) is 5.02. The monoisotopic (exact) mass is 745 g/mol. The number of carbonyl (C=O) groups excluding carboxylic acids is 4. The smallest absolute Gasteiger partial charge is 0.325 e. The lowest BCUT2D eigenvalue weighted by molar-refractivity contribution is -0.152. The van der Waals surface area contributed by atoms with Gasteiger partial charge in [0.05, 0.1) is 27.8 Å². The molecular formula is C33H43Cl4N5O6. The number of fused-ring (bicyclic) bond motifs is 1. The average molecular weight is 748 g/mol. The van der Waals surface area contributed by atoms with Crippen LogP contribution in [0.25, 0.3) is 17.0 Å². The topological polar surface area (TPSA) is 150 Å². The molecule has 4 atom stereocenters. The Bertz CT molecular complexity index is 1560. The van der Waals surface area contributed by atoms with Crippen LogP contribution in [0.2, 0.25) is 5.02 Å². The van der Waals surface area contributed by atoms with E-state index in [9.17, 15) is 24.3 Å². The predicted octanol–water partition coefficient (Wildman–Crippen LogP) is 5.34. The van der Waals surface area contributed by atoms with Crippen LogP contribution in [0.4, 0.5) is 0 Å². The van der Waals surface area contributed by atoms with Crippen LogP contribution < -0.4 is 16.1 Å². The summed E-state index contributed by atoms with van der Waals surface area (Å²) in [5, 5.41) is 18.1. The summed E-state index contributed by atoms with van der Waals surface area (Å²) >= 11 is 23.4. The minimum absolute atomic E-state index is 0.303. The van der Waals surface area contributed by atoms with Crippen LogP contribution in [-0.4, -0.2) is 73.9 Å². The number of alkyl halides is 3. The van der Waals surface area contributed by atoms with Crippen LogP contribution in [0.15, 0.2) is 24.3 Å². The van der Waals surface area contributed by atoms with E-state index in [4.69, 9.17) is 51.1 Å². The minimum Gasteiger partial charge on any atom is -0.460 e. The van der Waals surface area contributed by atoms with Gasteiger partial charge in [0.2, 0.25) is 15.6 Å². The second kappa shape index (κ2) is 16.4. The van der Waals surface area contributed by atoms with Crippen molar-refractivity contribution >= 4 is 87.1 Å². The molecule has 15 heteroatoms. The van der Waals surface area contributed by atoms with Crippen LogP contribution in [0.3, 0.4) is 0 Å². The van der Waals surface area contributed by atoms with Crippen LogP contribution >= 0.6 is 46.4 Å². The zero-order valence-corrected chi connectivity index (χ0v) is 31.0. The standard InChI is InChI=1S/C33H43Cl4N5O6/c1-17(2)26(28(44)38-19(4)29(45)42-14-8-9-24(41-42)30(46)48-16-33(35,36)37)40-31(47)32(6,7)13-12-21-10-11-22-23(34)15-25(20(5)43)39-27(22)18(21)3/h10-13,15,17,19-20,24,26,41,43H,8-9,14,16H2,1-7H3,(H,38,44)(H,40,47)/b13-12+/t19?,20-,24+,26+/m1/s1. The third-order valence-electron chi connectivity index (χ3n) is 8.02. The number of amides is 3. The summed E-state index contributed by atoms with van der Waals surface area (Å²) in [6.07, 6.45) is 3.69. The first-order valence-corrected chi connectivity index (χ1v) is 17.1. The van der Waals surface area contributed by atoms with E-state index < -0.39 is 63.7 Å². The minimum atomic E-state index is -1.76. The SMILES string of the molecule is Cc1c(/C=C/C(C)(C)C(=O)N[C@H](C(=O)NC(C)C(=O)N2CCC[C@@H](C(=O)OCC(Cl)(Cl)Cl)N2)C(C)C)ccc2c(Cl)cc([C@@H](C)O)nc12. The number of aromatic nitrogens is 1. The third-order valence-corrected chi connectivity index (χ3v) is 8.66. The zero-order chi connectivity index (χ0) is 36.1. The normalized spacial score (nSPS) is 17.7. The molecule has 1 fully saturated rings. The third kappa shape index (κ3) is 10.4. The van der Waals surface area contributed by atoms with Gasteiger partial charge < -0.3 is 20.5 Å². The van der Waals surface area contributed by atoms with E-state index in [0.717, 1.165) is 16.5 Å². The number of aliphatic hydroxyl groups excluding tert-OH is 1. The summed E-state index contributed by atoms with van der Waals surface area (Å²) in [6, 6.07) is 2.63. The maximum atomic E-state index is 13.5. The number of carbonyl (C=O) groups is 4. The first-order chi connectivity index (χ1) is 22.2. The van der Waals surface area contributed by atoms with Crippen LogP contribution in [0.1, 0.15) is 77.3 Å². The van der Waals surface area contributed by atoms with E-state index in [-0.39, 0.29) is 5.92 Å². The van der Waals surface area contributed by atoms with E-state index in [2.05, 4.69) is 21.0 Å². The number of rotatable bonds is 11. The Kier molecular flexibility index (Phi) is 13.6. The average Bonchev–Trinajstić information content (AvgIpc) is 3.01. The largest absolute Gasteiger partial charge is 0.460 e. The molecule has 3 rings (SSSR count). The second-order valence-corrected chi connectivity index (χ2v) is 15.8. The molecule has 1 saturated heterocycles. The molecule has 2 aromatic rings. The molecule has 0 aliphatic carbocycles. The molecule has 1 aliphatic rings. The van der Waals surface area contributed by atoms with Crippen LogP contribution in [0.5, 0.6) is 0 Å². The molecule has 1 unspecified atom stereocenters. The van der Waals surface area contributed by atoms with Gasteiger partial charge in [-0.25, -0.2) is 10.4 Å². The van der Waals surface area contributed by atoms with Crippen molar-refractivity contribution in [3.63, 3.8) is 0 Å². The molecule has 4 N–H and O–H groups in total. The first-order valence-electron chi connectivity index (χ1n) is 15.6. The summed E-state index contributed by atoms with van der Waals surface area (Å²) in [5.41, 5.74) is 4.55. The van der Waals surface area contributed by atoms with Gasteiger partial charge in [0.25, 0.3) is 5.91 Å². The van der Waals surface area contributed by atoms with Gasteiger partial charge in [-0.05, 0) is 70.6 Å². The highest BCUT2D eigenvalue weighted by Crippen LogP contribution is 2.31. The molecule has 11 nitrogen and oxygen atoms in total. The number of aryl methyl sites for hydroxylation is 1. The number of hydrazine groups is 1. The number of aliphatic hydroxyl groups is 1. The molecule has 0 radical (unpaired) electrons. The zero-order valence-electron chi connectivity index (χ0n) is 28.0. The quantitative estimate of drug-likeness (QED) is 0.178. The van der Waals surface area contributed by atoms with Crippen molar-refractivity contribution in [1.82, 2.24) is 26.1 Å². The number of halogens is 4. The predicted molar refractivity (Wildman–Crippen MR) is 188 cm³/mol. The molecule has 264 valence electrons. The fraction of sp³-hybridized carbons (Fsp3) is 0.545. The summed E-state index contributed by atoms with van der Waals surface area (Å²) in [4.78, 5) is 57.1. The maximum Gasteiger partial charge on any atom is 0.325 e. The number of nitrogens with zero attached hydrogens (tertiary/aromatic N) is 2. The Morgan fingerprint density at radius 2 is 1.81 bits per heavy atom. The summed E-state index contributed by atoms with van der Waals surface area (Å²) in [6.45, 7) is 11.9. The lowest BCUT2D eigenvalue weighted by atomic mass is 9.89. The van der Waals surface area contributed by atoms with Gasteiger partial charge in [-0.1, -0.05) is 84.5 Å². The van der Waals surface area contributed by atoms with Crippen molar-refractivity contribution in [2.75, 3.05) is 13.2 Å². The second-order valence-electron chi connectivity index (χ2n) is 12.9. The van der Waals surface area contributed by atoms with Gasteiger partial charge in [0.15, 0.2) is 0 Å². The summed E-state index contributed by atoms with van der Waals surface area (Å²) in [7, 11) is 0. The van der Waals surface area contributed by atoms with Gasteiger partial charge >= 0.3 is 5.97 Å². The highest BCUT2D eigenvalue weighted by atomic mass is 35.6. The molecule has 0 bridgehead atoms. The number of benzene rings is 1. The number of hydrogen-bond acceptors (Lipinski definition) is 8. The van der Waals surface area contributed by atoms with Crippen LogP contribution in [-0.2, 0) is 23.9 Å². The summed E-state index contributed by atoms with van der Waals surface area (Å²) < 4.78 is 3.27. The van der Waals surface area contributed by atoms with Crippen molar-refractivity contribution in [1.29, 1.82) is 0 Å². The van der Waals surface area contributed by atoms with Crippen LogP contribution in [0, 0.1) is 18.3 Å². The van der Waals surface area contributed by atoms with Crippen molar-refractivity contribution in [3.8, 4) is 0 Å². The molecule has 2 heterocycles. The lowest BCUT2D eigenvalue weighted by Gasteiger charge is -2.35. The lowest BCUT2D eigenvalue weighted by Crippen LogP contribution is -2.61. The summed E-state index contributed by atoms with van der Waals surface area (Å²) in [5.74, 6) is -2.37. The van der Waals surface area contributed by atoms with E-state index in [0.29, 0.717) is 35.6 Å². The number of ether oxygens (including phenoxy) is 1. The van der Waals surface area contributed by atoms with E-state index in [1.807, 2.05) is 25.1 Å². The molecule has 0 saturated carbocycles. The number of pyridine rings is 1. The van der Waals surface area contributed by atoms with Crippen molar-refractivity contribution in [2.24, 2.45) is 11.3 Å². The van der Waals surface area contributed by atoms with E-state index in [1.54, 1.807) is 46.8 Å². The Morgan fingerprint density at radius 3 is 2.42 bits per heavy atom. The highest BCUT2D eigenvalue weighted by Gasteiger charge is 2.35. The van der Waals surface area contributed by atoms with E-state index in [1.165, 1.54) is 11.9 Å². The molecule has 1 aromatic carbocycles. The Hall–Kier alpha value is -2.67. The molecule has 0 spiro atoms. The fourth-order valence-corrected chi connectivity index (χ4v) is 5.45. The molecule has 1 aromatic heterocycles. The van der Waals surface area contributed by atoms with Gasteiger partial charge in [-0.2, -0.15) is 0 Å². The highest BCUT2D eigenvalue weighted by molar-refractivity contribution is 6.67. The Morgan fingerprint density at radius 1 is 1.15 bits per heavy atom.